The van der Waals surface area contributed by atoms with E-state index in [4.69, 9.17) is 9.16 Å². The van der Waals surface area contributed by atoms with Crippen LogP contribution in [0.2, 0.25) is 5.04 Å². The summed E-state index contributed by atoms with van der Waals surface area (Å²) in [5.74, 6) is -4.05. The third-order valence-electron chi connectivity index (χ3n) is 5.97. The van der Waals surface area contributed by atoms with Crippen molar-refractivity contribution in [2.24, 2.45) is 11.8 Å². The van der Waals surface area contributed by atoms with Gasteiger partial charge in [0.25, 0.3) is 8.32 Å². The maximum absolute atomic E-state index is 11.7. The molecule has 2 N–H and O–H groups in total. The summed E-state index contributed by atoms with van der Waals surface area (Å²) in [7, 11) is -2.94. The van der Waals surface area contributed by atoms with E-state index in [9.17, 15) is 24.6 Å². The largest absolute Gasteiger partial charge is 0.481 e. The van der Waals surface area contributed by atoms with Gasteiger partial charge in [0, 0.05) is 19.4 Å². The maximum Gasteiger partial charge on any atom is 0.303 e. The third kappa shape index (κ3) is 7.01. The zero-order chi connectivity index (χ0) is 25.4. The molecule has 0 saturated carbocycles. The number of benzene rings is 2. The minimum atomic E-state index is -2.94. The van der Waals surface area contributed by atoms with Gasteiger partial charge in [-0.05, 0) is 21.3 Å². The van der Waals surface area contributed by atoms with Crippen LogP contribution >= 0.6 is 0 Å². The van der Waals surface area contributed by atoms with E-state index in [0.717, 1.165) is 10.4 Å². The Morgan fingerprint density at radius 2 is 1.21 bits per heavy atom. The molecule has 34 heavy (non-hydrogen) atoms. The Labute approximate surface area is 201 Å². The summed E-state index contributed by atoms with van der Waals surface area (Å²) in [5, 5.41) is 20.8. The molecule has 0 radical (unpaired) electrons. The number of rotatable bonds is 12. The van der Waals surface area contributed by atoms with Crippen LogP contribution in [0.5, 0.6) is 0 Å². The molecule has 184 valence electrons. The summed E-state index contributed by atoms with van der Waals surface area (Å²) >= 11 is 0. The van der Waals surface area contributed by atoms with E-state index in [1.807, 2.05) is 60.7 Å². The summed E-state index contributed by atoms with van der Waals surface area (Å²) in [6.45, 7) is 7.42. The zero-order valence-corrected chi connectivity index (χ0v) is 21.2. The van der Waals surface area contributed by atoms with Crippen LogP contribution < -0.4 is 10.4 Å². The lowest BCUT2D eigenvalue weighted by molar-refractivity contribution is -0.148. The number of carbonyl (C=O) groups is 3. The molecule has 7 nitrogen and oxygen atoms in total. The average molecular weight is 487 g/mol. The Balaban J connectivity index is 2.53. The van der Waals surface area contributed by atoms with Gasteiger partial charge in [-0.15, -0.1) is 0 Å². The second-order valence-corrected chi connectivity index (χ2v) is 13.8. The van der Waals surface area contributed by atoms with Crippen molar-refractivity contribution in [2.45, 2.75) is 45.6 Å². The highest BCUT2D eigenvalue weighted by Gasteiger charge is 2.50. The molecule has 0 fully saturated rings. The normalized spacial score (nSPS) is 13.6. The van der Waals surface area contributed by atoms with Crippen LogP contribution in [0, 0.1) is 11.8 Å². The molecule has 2 rings (SSSR count). The lowest BCUT2D eigenvalue weighted by atomic mass is 9.88. The fourth-order valence-electron chi connectivity index (χ4n) is 4.39. The quantitative estimate of drug-likeness (QED) is 0.350. The first-order valence-corrected chi connectivity index (χ1v) is 13.2. The Morgan fingerprint density at radius 3 is 1.56 bits per heavy atom. The van der Waals surface area contributed by atoms with Gasteiger partial charge in [-0.25, -0.2) is 0 Å². The van der Waals surface area contributed by atoms with Crippen LogP contribution in [0.15, 0.2) is 60.7 Å². The van der Waals surface area contributed by atoms with Crippen LogP contribution in [-0.2, 0) is 23.5 Å². The third-order valence-corrected chi connectivity index (χ3v) is 11.0. The second kappa shape index (κ2) is 11.9. The number of aliphatic carboxylic acids is 2. The van der Waals surface area contributed by atoms with E-state index in [0.29, 0.717) is 0 Å². The van der Waals surface area contributed by atoms with Crippen LogP contribution in [-0.4, -0.2) is 49.7 Å². The number of carbonyl (C=O) groups excluding carboxylic acids is 1. The number of ether oxygens (including phenoxy) is 1. The molecule has 2 aromatic carbocycles. The van der Waals surface area contributed by atoms with E-state index < -0.39 is 38.1 Å². The molecule has 2 atom stereocenters. The van der Waals surface area contributed by atoms with Crippen molar-refractivity contribution >= 4 is 36.6 Å². The van der Waals surface area contributed by atoms with Crippen molar-refractivity contribution < 1.29 is 33.8 Å². The molecule has 0 saturated heterocycles. The van der Waals surface area contributed by atoms with Crippen LogP contribution in [0.1, 0.15) is 40.5 Å². The van der Waals surface area contributed by atoms with Crippen molar-refractivity contribution in [3.63, 3.8) is 0 Å². The van der Waals surface area contributed by atoms with Crippen molar-refractivity contribution in [2.75, 3.05) is 13.2 Å². The van der Waals surface area contributed by atoms with Gasteiger partial charge in [0.05, 0.1) is 19.4 Å². The highest BCUT2D eigenvalue weighted by atomic mass is 28.4. The molecule has 2 aromatic rings. The van der Waals surface area contributed by atoms with E-state index in [1.54, 1.807) is 0 Å². The van der Waals surface area contributed by atoms with Crippen molar-refractivity contribution in [1.82, 2.24) is 0 Å². The summed E-state index contributed by atoms with van der Waals surface area (Å²) < 4.78 is 11.9. The lowest BCUT2D eigenvalue weighted by Gasteiger charge is -2.44. The molecule has 0 bridgehead atoms. The molecule has 0 heterocycles. The molecule has 0 aromatic heterocycles. The molecule has 0 spiro atoms. The lowest BCUT2D eigenvalue weighted by Crippen LogP contribution is -2.67. The molecule has 0 aliphatic heterocycles. The number of carboxylic acids is 2. The SMILES string of the molecule is CC(=O)OCC(CC(=O)O)C(CO[Si](c1ccccc1)(c1ccccc1)C(C)(C)C)CC(=O)O. The number of hydrogen-bond acceptors (Lipinski definition) is 5. The highest BCUT2D eigenvalue weighted by Crippen LogP contribution is 2.37. The molecular formula is C26H34O7Si. The van der Waals surface area contributed by atoms with E-state index in [-0.39, 0.29) is 31.1 Å². The topological polar surface area (TPSA) is 110 Å². The molecule has 0 aliphatic rings. The molecular weight excluding hydrogens is 452 g/mol. The Kier molecular flexibility index (Phi) is 9.58. The first-order chi connectivity index (χ1) is 16.0. The summed E-state index contributed by atoms with van der Waals surface area (Å²) in [5.41, 5.74) is 0. The predicted molar refractivity (Wildman–Crippen MR) is 132 cm³/mol. The van der Waals surface area contributed by atoms with Gasteiger partial charge >= 0.3 is 17.9 Å². The van der Waals surface area contributed by atoms with Crippen LogP contribution in [0.25, 0.3) is 0 Å². The van der Waals surface area contributed by atoms with Crippen LogP contribution in [0.3, 0.4) is 0 Å². The Hall–Kier alpha value is -2.97. The maximum atomic E-state index is 11.7. The van der Waals surface area contributed by atoms with Crippen molar-refractivity contribution in [3.8, 4) is 0 Å². The van der Waals surface area contributed by atoms with E-state index >= 15 is 0 Å². The van der Waals surface area contributed by atoms with Gasteiger partial charge in [-0.1, -0.05) is 81.4 Å². The highest BCUT2D eigenvalue weighted by molar-refractivity contribution is 6.99. The number of carboxylic acid groups (broad SMARTS) is 2. The van der Waals surface area contributed by atoms with Gasteiger partial charge in [0.2, 0.25) is 0 Å². The monoisotopic (exact) mass is 486 g/mol. The summed E-state index contributed by atoms with van der Waals surface area (Å²) in [4.78, 5) is 34.6. The summed E-state index contributed by atoms with van der Waals surface area (Å²) in [6.07, 6.45) is -0.618. The molecule has 0 amide bonds. The van der Waals surface area contributed by atoms with Gasteiger partial charge in [0.1, 0.15) is 0 Å². The standard InChI is InChI=1S/C26H34O7Si/c1-19(27)32-17-20(15-24(28)29)21(16-25(30)31)18-33-34(26(2,3)4,22-11-7-5-8-12-22)23-13-9-6-10-14-23/h5-14,20-21H,15-18H2,1-4H3,(H,28,29)(H,30,31). The van der Waals surface area contributed by atoms with Crippen LogP contribution in [0.4, 0.5) is 0 Å². The van der Waals surface area contributed by atoms with Gasteiger partial charge < -0.3 is 19.4 Å². The fourth-order valence-corrected chi connectivity index (χ4v) is 9.01. The number of hydrogen-bond donors (Lipinski definition) is 2. The Bertz CT molecular complexity index is 915. The smallest absolute Gasteiger partial charge is 0.303 e. The summed E-state index contributed by atoms with van der Waals surface area (Å²) in [6, 6.07) is 19.8. The van der Waals surface area contributed by atoms with Gasteiger partial charge in [-0.2, -0.15) is 0 Å². The van der Waals surface area contributed by atoms with Gasteiger partial charge in [0.15, 0.2) is 0 Å². The van der Waals surface area contributed by atoms with Crippen molar-refractivity contribution in [1.29, 1.82) is 0 Å². The average Bonchev–Trinajstić information content (AvgIpc) is 2.76. The minimum absolute atomic E-state index is 0.0266. The van der Waals surface area contributed by atoms with Crippen molar-refractivity contribution in [3.05, 3.63) is 60.7 Å². The first kappa shape index (κ1) is 27.3. The van der Waals surface area contributed by atoms with Gasteiger partial charge in [-0.3, -0.25) is 14.4 Å². The molecule has 0 aliphatic carbocycles. The molecule has 8 heteroatoms. The Morgan fingerprint density at radius 1 is 0.794 bits per heavy atom. The minimum Gasteiger partial charge on any atom is -0.481 e. The molecule has 2 unspecified atom stereocenters. The zero-order valence-electron chi connectivity index (χ0n) is 20.2. The predicted octanol–water partition coefficient (Wildman–Crippen LogP) is 3.31. The van der Waals surface area contributed by atoms with E-state index in [2.05, 4.69) is 20.8 Å². The van der Waals surface area contributed by atoms with E-state index in [1.165, 1.54) is 6.92 Å². The first-order valence-electron chi connectivity index (χ1n) is 11.3. The number of esters is 1. The fraction of sp³-hybridized carbons (Fsp3) is 0.423. The second-order valence-electron chi connectivity index (χ2n) is 9.49.